The number of amides is 2. The summed E-state index contributed by atoms with van der Waals surface area (Å²) in [6.45, 7) is 0.174. The summed E-state index contributed by atoms with van der Waals surface area (Å²) < 4.78 is 18.3. The molecule has 5 nitrogen and oxygen atoms in total. The maximum Gasteiger partial charge on any atom is 0.268 e. The van der Waals surface area contributed by atoms with E-state index in [1.807, 2.05) is 0 Å². The Hall–Kier alpha value is -3.67. The molecule has 2 amide bonds. The number of carbonyl (C=O) groups excluding carboxylic acids is 2. The minimum Gasteiger partial charge on any atom is -0.467 e. The number of furan rings is 1. The first kappa shape index (κ1) is 18.1. The van der Waals surface area contributed by atoms with Gasteiger partial charge in [0.05, 0.1) is 12.8 Å². The Bertz CT molecular complexity index is 933. The Morgan fingerprint density at radius 3 is 2.37 bits per heavy atom. The van der Waals surface area contributed by atoms with Crippen molar-refractivity contribution in [2.24, 2.45) is 0 Å². The van der Waals surface area contributed by atoms with E-state index < -0.39 is 11.8 Å². The fourth-order valence-electron chi connectivity index (χ4n) is 2.34. The van der Waals surface area contributed by atoms with Crippen LogP contribution in [0.3, 0.4) is 0 Å². The summed E-state index contributed by atoms with van der Waals surface area (Å²) in [7, 11) is 0. The number of rotatable bonds is 6. The first-order chi connectivity index (χ1) is 13.1. The van der Waals surface area contributed by atoms with Gasteiger partial charge in [-0.25, -0.2) is 4.39 Å². The van der Waals surface area contributed by atoms with Crippen molar-refractivity contribution in [2.45, 2.75) is 6.54 Å². The number of benzene rings is 2. The summed E-state index contributed by atoms with van der Waals surface area (Å²) in [5.41, 5.74) is 1.04. The van der Waals surface area contributed by atoms with Crippen LogP contribution in [0, 0.1) is 5.82 Å². The fourth-order valence-corrected chi connectivity index (χ4v) is 2.34. The number of hydrogen-bond acceptors (Lipinski definition) is 3. The lowest BCUT2D eigenvalue weighted by molar-refractivity contribution is -0.118. The Morgan fingerprint density at radius 1 is 0.963 bits per heavy atom. The van der Waals surface area contributed by atoms with Crippen molar-refractivity contribution in [2.75, 3.05) is 0 Å². The van der Waals surface area contributed by atoms with Crippen molar-refractivity contribution < 1.29 is 18.4 Å². The van der Waals surface area contributed by atoms with Crippen molar-refractivity contribution >= 4 is 17.9 Å². The molecule has 6 heteroatoms. The van der Waals surface area contributed by atoms with E-state index >= 15 is 0 Å². The summed E-state index contributed by atoms with van der Waals surface area (Å²) in [6, 6.07) is 17.6. The van der Waals surface area contributed by atoms with E-state index in [4.69, 9.17) is 4.42 Å². The zero-order valence-electron chi connectivity index (χ0n) is 14.3. The summed E-state index contributed by atoms with van der Waals surface area (Å²) >= 11 is 0. The van der Waals surface area contributed by atoms with Gasteiger partial charge < -0.3 is 15.1 Å². The van der Waals surface area contributed by atoms with E-state index in [-0.39, 0.29) is 18.1 Å². The van der Waals surface area contributed by atoms with Crippen molar-refractivity contribution in [3.63, 3.8) is 0 Å². The smallest absolute Gasteiger partial charge is 0.268 e. The van der Waals surface area contributed by atoms with Gasteiger partial charge in [0, 0.05) is 5.56 Å². The van der Waals surface area contributed by atoms with E-state index in [9.17, 15) is 14.0 Å². The van der Waals surface area contributed by atoms with Crippen LogP contribution < -0.4 is 10.6 Å². The van der Waals surface area contributed by atoms with Gasteiger partial charge in [0.15, 0.2) is 0 Å². The lowest BCUT2D eigenvalue weighted by Crippen LogP contribution is -2.34. The normalized spacial score (nSPS) is 11.1. The number of hydrogen-bond donors (Lipinski definition) is 2. The molecular formula is C21H17FN2O3. The van der Waals surface area contributed by atoms with Crippen LogP contribution in [0.1, 0.15) is 21.7 Å². The van der Waals surface area contributed by atoms with Crippen LogP contribution >= 0.6 is 0 Å². The van der Waals surface area contributed by atoms with Gasteiger partial charge in [0.25, 0.3) is 11.8 Å². The second-order valence-corrected chi connectivity index (χ2v) is 5.69. The molecule has 0 fully saturated rings. The molecule has 2 aromatic carbocycles. The number of nitrogens with one attached hydrogen (secondary N) is 2. The summed E-state index contributed by atoms with van der Waals surface area (Å²) in [4.78, 5) is 25.0. The van der Waals surface area contributed by atoms with Crippen LogP contribution in [0.2, 0.25) is 0 Å². The molecule has 27 heavy (non-hydrogen) atoms. The molecule has 0 aliphatic heterocycles. The molecule has 0 atom stereocenters. The molecule has 0 saturated carbocycles. The first-order valence-corrected chi connectivity index (χ1v) is 8.26. The van der Waals surface area contributed by atoms with E-state index in [1.54, 1.807) is 42.5 Å². The maximum absolute atomic E-state index is 13.1. The highest BCUT2D eigenvalue weighted by Gasteiger charge is 2.15. The first-order valence-electron chi connectivity index (χ1n) is 8.26. The number of halogens is 1. The summed E-state index contributed by atoms with van der Waals surface area (Å²) in [5, 5.41) is 5.30. The monoisotopic (exact) mass is 364 g/mol. The Morgan fingerprint density at radius 2 is 1.70 bits per heavy atom. The molecule has 3 rings (SSSR count). The zero-order valence-corrected chi connectivity index (χ0v) is 14.3. The molecule has 1 heterocycles. The molecule has 0 radical (unpaired) electrons. The second-order valence-electron chi connectivity index (χ2n) is 5.69. The Kier molecular flexibility index (Phi) is 5.79. The maximum atomic E-state index is 13.1. The van der Waals surface area contributed by atoms with Crippen LogP contribution in [0.4, 0.5) is 4.39 Å². The van der Waals surface area contributed by atoms with Crippen molar-refractivity contribution in [1.29, 1.82) is 0 Å². The second kappa shape index (κ2) is 8.62. The van der Waals surface area contributed by atoms with E-state index in [1.165, 1.54) is 36.6 Å². The Balaban J connectivity index is 1.80. The highest BCUT2D eigenvalue weighted by Crippen LogP contribution is 2.09. The highest BCUT2D eigenvalue weighted by atomic mass is 19.1. The van der Waals surface area contributed by atoms with Gasteiger partial charge in [0.2, 0.25) is 0 Å². The molecule has 3 aromatic rings. The molecule has 0 aliphatic rings. The van der Waals surface area contributed by atoms with Crippen LogP contribution in [-0.2, 0) is 11.3 Å². The van der Waals surface area contributed by atoms with Crippen LogP contribution in [-0.4, -0.2) is 11.8 Å². The number of carbonyl (C=O) groups is 2. The molecule has 0 saturated heterocycles. The van der Waals surface area contributed by atoms with Gasteiger partial charge >= 0.3 is 0 Å². The van der Waals surface area contributed by atoms with Crippen LogP contribution in [0.5, 0.6) is 0 Å². The predicted molar refractivity (Wildman–Crippen MR) is 98.8 cm³/mol. The van der Waals surface area contributed by atoms with Crippen molar-refractivity contribution in [3.8, 4) is 0 Å². The molecule has 136 valence electrons. The van der Waals surface area contributed by atoms with Crippen LogP contribution in [0.25, 0.3) is 6.08 Å². The predicted octanol–water partition coefficient (Wildman–Crippen LogP) is 3.51. The molecule has 0 unspecified atom stereocenters. The molecule has 0 bridgehead atoms. The van der Waals surface area contributed by atoms with Gasteiger partial charge in [-0.05, 0) is 48.0 Å². The van der Waals surface area contributed by atoms with E-state index in [0.29, 0.717) is 16.9 Å². The molecule has 1 aromatic heterocycles. The zero-order chi connectivity index (χ0) is 19.1. The largest absolute Gasteiger partial charge is 0.467 e. The molecule has 0 spiro atoms. The minimum absolute atomic E-state index is 0.0435. The average molecular weight is 364 g/mol. The summed E-state index contributed by atoms with van der Waals surface area (Å²) in [5.74, 6) is -0.708. The van der Waals surface area contributed by atoms with Gasteiger partial charge in [-0.2, -0.15) is 0 Å². The minimum atomic E-state index is -0.486. The van der Waals surface area contributed by atoms with Crippen LogP contribution in [0.15, 0.2) is 83.1 Å². The van der Waals surface area contributed by atoms with Crippen molar-refractivity contribution in [1.82, 2.24) is 10.6 Å². The molecule has 0 aliphatic carbocycles. The van der Waals surface area contributed by atoms with Gasteiger partial charge in [-0.15, -0.1) is 0 Å². The summed E-state index contributed by atoms with van der Waals surface area (Å²) in [6.07, 6.45) is 2.99. The van der Waals surface area contributed by atoms with Gasteiger partial charge in [0.1, 0.15) is 17.3 Å². The standard InChI is InChI=1S/C21H17FN2O3/c22-17-10-8-15(9-11-17)13-19(21(26)23-14-18-7-4-12-27-18)24-20(25)16-5-2-1-3-6-16/h1-13H,14H2,(H,23,26)(H,24,25)/b19-13+. The molecular weight excluding hydrogens is 347 g/mol. The third-order valence-electron chi connectivity index (χ3n) is 3.71. The fraction of sp³-hybridized carbons (Fsp3) is 0.0476. The average Bonchev–Trinajstić information content (AvgIpc) is 3.21. The van der Waals surface area contributed by atoms with E-state index in [2.05, 4.69) is 10.6 Å². The third kappa shape index (κ3) is 5.15. The van der Waals surface area contributed by atoms with Gasteiger partial charge in [-0.1, -0.05) is 30.3 Å². The van der Waals surface area contributed by atoms with Gasteiger partial charge in [-0.3, -0.25) is 9.59 Å². The quantitative estimate of drug-likeness (QED) is 0.658. The highest BCUT2D eigenvalue weighted by molar-refractivity contribution is 6.05. The Labute approximate surface area is 155 Å². The third-order valence-corrected chi connectivity index (χ3v) is 3.71. The lowest BCUT2D eigenvalue weighted by atomic mass is 10.1. The van der Waals surface area contributed by atoms with E-state index in [0.717, 1.165) is 0 Å². The topological polar surface area (TPSA) is 71.3 Å². The van der Waals surface area contributed by atoms with Crippen molar-refractivity contribution in [3.05, 3.63) is 101 Å². The molecule has 2 N–H and O–H groups in total. The SMILES string of the molecule is O=C(NCc1ccco1)/C(=C\c1ccc(F)cc1)NC(=O)c1ccccc1. The lowest BCUT2D eigenvalue weighted by Gasteiger charge is -2.11.